The van der Waals surface area contributed by atoms with Crippen molar-refractivity contribution in [3.05, 3.63) is 59.3 Å². The van der Waals surface area contributed by atoms with Crippen LogP contribution in [0.15, 0.2) is 48.2 Å². The number of halogens is 3. The van der Waals surface area contributed by atoms with Crippen LogP contribution < -0.4 is 10.6 Å². The van der Waals surface area contributed by atoms with Gasteiger partial charge in [0.05, 0.1) is 29.4 Å². The maximum Gasteiger partial charge on any atom is 0.416 e. The molecule has 0 bridgehead atoms. The Morgan fingerprint density at radius 3 is 2.46 bits per heavy atom. The molecule has 4 amide bonds. The molecule has 2 aliphatic rings. The summed E-state index contributed by atoms with van der Waals surface area (Å²) in [5.74, 6) is -0.428. The summed E-state index contributed by atoms with van der Waals surface area (Å²) in [4.78, 5) is 42.8. The molecule has 2 aliphatic heterocycles. The standard InChI is InChI=1S/C27H35F3N4O3/c1-6-13-33-21-15-34(20(14-17(4)5)24(35)31-12-11-16(2)3)25(36)22(21)23(32-26(33)37)18-9-7-8-10-19(18)27(28,29)30/h6-10,16-17,20,23H,1,11-15H2,2-5H3,(H,31,35)(H,32,37)/t20-,23-/m0/s1. The van der Waals surface area contributed by atoms with E-state index >= 15 is 0 Å². The summed E-state index contributed by atoms with van der Waals surface area (Å²) in [5, 5.41) is 5.49. The lowest BCUT2D eigenvalue weighted by Gasteiger charge is -2.33. The first-order chi connectivity index (χ1) is 17.4. The Morgan fingerprint density at radius 1 is 1.19 bits per heavy atom. The third kappa shape index (κ3) is 6.17. The SMILES string of the molecule is C=CCN1C(=O)N[C@@H](c2ccccc2C(F)(F)F)C2=C1CN([C@@H](CC(C)C)C(=O)NCCC(C)C)C2=O. The van der Waals surface area contributed by atoms with Crippen LogP contribution in [0.5, 0.6) is 0 Å². The third-order valence-corrected chi connectivity index (χ3v) is 6.53. The van der Waals surface area contributed by atoms with Gasteiger partial charge in [-0.15, -0.1) is 6.58 Å². The average Bonchev–Trinajstić information content (AvgIpc) is 3.15. The summed E-state index contributed by atoms with van der Waals surface area (Å²) in [6, 6.07) is 2.14. The molecular formula is C27H35F3N4O3. The van der Waals surface area contributed by atoms with Crippen LogP contribution in [0, 0.1) is 11.8 Å². The van der Waals surface area contributed by atoms with Crippen LogP contribution in [0.1, 0.15) is 57.7 Å². The highest BCUT2D eigenvalue weighted by molar-refractivity contribution is 6.03. The number of nitrogens with zero attached hydrogens (tertiary/aromatic N) is 2. The molecule has 0 radical (unpaired) electrons. The monoisotopic (exact) mass is 520 g/mol. The first-order valence-electron chi connectivity index (χ1n) is 12.5. The molecule has 2 heterocycles. The quantitative estimate of drug-likeness (QED) is 0.442. The Kier molecular flexibility index (Phi) is 8.71. The second-order valence-electron chi connectivity index (χ2n) is 10.3. The largest absolute Gasteiger partial charge is 0.416 e. The Hall–Kier alpha value is -3.30. The van der Waals surface area contributed by atoms with Gasteiger partial charge in [-0.2, -0.15) is 13.2 Å². The summed E-state index contributed by atoms with van der Waals surface area (Å²) in [5.41, 5.74) is -0.812. The van der Waals surface area contributed by atoms with Gasteiger partial charge in [-0.25, -0.2) is 4.79 Å². The number of hydrogen-bond donors (Lipinski definition) is 2. The number of amides is 4. The average molecular weight is 521 g/mol. The van der Waals surface area contributed by atoms with Gasteiger partial charge in [0.2, 0.25) is 5.91 Å². The zero-order chi connectivity index (χ0) is 27.5. The van der Waals surface area contributed by atoms with Crippen LogP contribution in [0.25, 0.3) is 0 Å². The molecule has 202 valence electrons. The van der Waals surface area contributed by atoms with E-state index in [2.05, 4.69) is 17.2 Å². The van der Waals surface area contributed by atoms with Crippen molar-refractivity contribution in [1.82, 2.24) is 20.4 Å². The van der Waals surface area contributed by atoms with Crippen LogP contribution in [0.4, 0.5) is 18.0 Å². The van der Waals surface area contributed by atoms with Crippen molar-refractivity contribution in [2.45, 2.75) is 58.8 Å². The van der Waals surface area contributed by atoms with Gasteiger partial charge in [-0.05, 0) is 36.3 Å². The van der Waals surface area contributed by atoms with E-state index < -0.39 is 35.8 Å². The van der Waals surface area contributed by atoms with E-state index in [0.29, 0.717) is 24.6 Å². The predicted molar refractivity (Wildman–Crippen MR) is 134 cm³/mol. The molecule has 1 aromatic rings. The Bertz CT molecular complexity index is 1080. The minimum Gasteiger partial charge on any atom is -0.354 e. The molecule has 0 spiro atoms. The summed E-state index contributed by atoms with van der Waals surface area (Å²) >= 11 is 0. The fraction of sp³-hybridized carbons (Fsp3) is 0.519. The van der Waals surface area contributed by atoms with Gasteiger partial charge in [-0.3, -0.25) is 14.5 Å². The Labute approximate surface area is 215 Å². The van der Waals surface area contributed by atoms with E-state index in [0.717, 1.165) is 12.5 Å². The van der Waals surface area contributed by atoms with Crippen LogP contribution in [0.3, 0.4) is 0 Å². The van der Waals surface area contributed by atoms with Gasteiger partial charge < -0.3 is 15.5 Å². The number of rotatable bonds is 10. The molecule has 3 rings (SSSR count). The lowest BCUT2D eigenvalue weighted by Crippen LogP contribution is -2.49. The van der Waals surface area contributed by atoms with E-state index in [-0.39, 0.29) is 36.1 Å². The van der Waals surface area contributed by atoms with Gasteiger partial charge in [0, 0.05) is 13.1 Å². The minimum atomic E-state index is -4.68. The summed E-state index contributed by atoms with van der Waals surface area (Å²) in [6.45, 7) is 12.1. The normalized spacial score (nSPS) is 18.9. The smallest absolute Gasteiger partial charge is 0.354 e. The molecule has 0 saturated carbocycles. The van der Waals surface area contributed by atoms with E-state index in [9.17, 15) is 27.6 Å². The molecule has 37 heavy (non-hydrogen) atoms. The predicted octanol–water partition coefficient (Wildman–Crippen LogP) is 4.63. The zero-order valence-corrected chi connectivity index (χ0v) is 21.7. The van der Waals surface area contributed by atoms with Crippen LogP contribution in [0.2, 0.25) is 0 Å². The molecular weight excluding hydrogens is 485 g/mol. The second-order valence-corrected chi connectivity index (χ2v) is 10.3. The number of carbonyl (C=O) groups excluding carboxylic acids is 3. The number of benzene rings is 1. The zero-order valence-electron chi connectivity index (χ0n) is 21.7. The number of carbonyl (C=O) groups is 3. The van der Waals surface area contributed by atoms with Crippen LogP contribution in [-0.4, -0.2) is 53.3 Å². The fourth-order valence-corrected chi connectivity index (χ4v) is 4.75. The molecule has 1 aromatic carbocycles. The molecule has 7 nitrogen and oxygen atoms in total. The highest BCUT2D eigenvalue weighted by Crippen LogP contribution is 2.42. The van der Waals surface area contributed by atoms with Crippen LogP contribution >= 0.6 is 0 Å². The molecule has 0 saturated heterocycles. The van der Waals surface area contributed by atoms with Crippen LogP contribution in [-0.2, 0) is 15.8 Å². The van der Waals surface area contributed by atoms with Crippen molar-refractivity contribution in [3.8, 4) is 0 Å². The van der Waals surface area contributed by atoms with Crippen molar-refractivity contribution in [2.75, 3.05) is 19.6 Å². The minimum absolute atomic E-state index is 0.0434. The molecule has 0 unspecified atom stereocenters. The number of hydrogen-bond acceptors (Lipinski definition) is 3. The molecule has 0 aromatic heterocycles. The van der Waals surface area contributed by atoms with Gasteiger partial charge >= 0.3 is 12.2 Å². The summed E-state index contributed by atoms with van der Waals surface area (Å²) in [6.07, 6.45) is -2.07. The number of alkyl halides is 3. The fourth-order valence-electron chi connectivity index (χ4n) is 4.75. The molecule has 2 N–H and O–H groups in total. The molecule has 10 heteroatoms. The lowest BCUT2D eigenvalue weighted by molar-refractivity contribution is -0.139. The highest BCUT2D eigenvalue weighted by atomic mass is 19.4. The summed E-state index contributed by atoms with van der Waals surface area (Å²) < 4.78 is 41.6. The Balaban J connectivity index is 2.04. The first kappa shape index (κ1) is 28.3. The van der Waals surface area contributed by atoms with E-state index in [4.69, 9.17) is 0 Å². The first-order valence-corrected chi connectivity index (χ1v) is 12.5. The van der Waals surface area contributed by atoms with Crippen molar-refractivity contribution in [3.63, 3.8) is 0 Å². The number of urea groups is 1. The van der Waals surface area contributed by atoms with Gasteiger partial charge in [-0.1, -0.05) is 52.0 Å². The Morgan fingerprint density at radius 2 is 1.86 bits per heavy atom. The van der Waals surface area contributed by atoms with Gasteiger partial charge in [0.15, 0.2) is 0 Å². The lowest BCUT2D eigenvalue weighted by atomic mass is 9.91. The number of nitrogens with one attached hydrogen (secondary N) is 2. The van der Waals surface area contributed by atoms with Gasteiger partial charge in [0.25, 0.3) is 5.91 Å². The van der Waals surface area contributed by atoms with Crippen molar-refractivity contribution in [1.29, 1.82) is 0 Å². The molecule has 0 aliphatic carbocycles. The highest BCUT2D eigenvalue weighted by Gasteiger charge is 2.48. The van der Waals surface area contributed by atoms with E-state index in [1.54, 1.807) is 0 Å². The molecule has 0 fully saturated rings. The van der Waals surface area contributed by atoms with Gasteiger partial charge in [0.1, 0.15) is 6.04 Å². The topological polar surface area (TPSA) is 81.8 Å². The van der Waals surface area contributed by atoms with E-state index in [1.165, 1.54) is 34.1 Å². The third-order valence-electron chi connectivity index (χ3n) is 6.53. The maximum atomic E-state index is 13.9. The van der Waals surface area contributed by atoms with Crippen molar-refractivity contribution >= 4 is 17.8 Å². The van der Waals surface area contributed by atoms with Crippen molar-refractivity contribution in [2.24, 2.45) is 11.8 Å². The maximum absolute atomic E-state index is 13.9. The molecule has 2 atom stereocenters. The van der Waals surface area contributed by atoms with Crippen molar-refractivity contribution < 1.29 is 27.6 Å². The van der Waals surface area contributed by atoms with E-state index in [1.807, 2.05) is 27.7 Å². The summed E-state index contributed by atoms with van der Waals surface area (Å²) in [7, 11) is 0. The second kappa shape index (κ2) is 11.4.